The van der Waals surface area contributed by atoms with Gasteiger partial charge in [0.25, 0.3) is 0 Å². The van der Waals surface area contributed by atoms with E-state index in [2.05, 4.69) is 14.9 Å². The van der Waals surface area contributed by atoms with Gasteiger partial charge in [-0.05, 0) is 56.4 Å². The van der Waals surface area contributed by atoms with E-state index in [1.165, 1.54) is 18.2 Å². The molecule has 0 amide bonds. The average molecular weight is 450 g/mol. The minimum Gasteiger partial charge on any atom is -0.373 e. The number of hydrogen-bond acceptors (Lipinski definition) is 4. The van der Waals surface area contributed by atoms with E-state index >= 15 is 0 Å². The molecule has 7 heteroatoms. The van der Waals surface area contributed by atoms with E-state index in [1.807, 2.05) is 24.3 Å². The molecule has 2 heterocycles. The summed E-state index contributed by atoms with van der Waals surface area (Å²) in [6.07, 6.45) is 4.75. The van der Waals surface area contributed by atoms with E-state index in [4.69, 9.17) is 15.8 Å². The Labute approximate surface area is 191 Å². The van der Waals surface area contributed by atoms with E-state index in [1.54, 1.807) is 0 Å². The smallest absolute Gasteiger partial charge is 0.187 e. The summed E-state index contributed by atoms with van der Waals surface area (Å²) < 4.78 is 40.7. The van der Waals surface area contributed by atoms with Gasteiger partial charge in [-0.2, -0.15) is 0 Å². The Kier molecular flexibility index (Phi) is 6.10. The van der Waals surface area contributed by atoms with E-state index in [0.29, 0.717) is 17.0 Å². The summed E-state index contributed by atoms with van der Waals surface area (Å²) in [4.78, 5) is 5.76. The topological polar surface area (TPSA) is 42.9 Å². The van der Waals surface area contributed by atoms with Crippen molar-refractivity contribution in [2.45, 2.75) is 50.7 Å². The number of ether oxygens (including phenoxy) is 1. The monoisotopic (exact) mass is 449 g/mol. The predicted octanol–water partition coefficient (Wildman–Crippen LogP) is 6.62. The number of nitrogens with zero attached hydrogens (tertiary/aromatic N) is 3. The molecule has 1 saturated carbocycles. The summed E-state index contributed by atoms with van der Waals surface area (Å²) in [5.41, 5.74) is 2.47. The van der Waals surface area contributed by atoms with Crippen LogP contribution in [0.25, 0.3) is 16.1 Å². The van der Waals surface area contributed by atoms with Crippen molar-refractivity contribution >= 4 is 11.4 Å². The zero-order valence-corrected chi connectivity index (χ0v) is 18.3. The lowest BCUT2D eigenvalue weighted by Crippen LogP contribution is -2.24. The summed E-state index contributed by atoms with van der Waals surface area (Å²) in [6.45, 7) is 9.09. The van der Waals surface area contributed by atoms with Gasteiger partial charge < -0.3 is 14.2 Å². The minimum atomic E-state index is -0.652. The summed E-state index contributed by atoms with van der Waals surface area (Å²) in [6, 6.07) is 11.5. The van der Waals surface area contributed by atoms with Crippen LogP contribution in [-0.2, 0) is 11.3 Å². The molecule has 0 radical (unpaired) electrons. The van der Waals surface area contributed by atoms with Crippen LogP contribution >= 0.6 is 0 Å². The van der Waals surface area contributed by atoms with Crippen LogP contribution in [0.2, 0.25) is 0 Å². The third kappa shape index (κ3) is 4.62. The van der Waals surface area contributed by atoms with Gasteiger partial charge in [-0.3, -0.25) is 0 Å². The van der Waals surface area contributed by atoms with Gasteiger partial charge in [-0.1, -0.05) is 23.4 Å². The molecule has 1 saturated heterocycles. The molecule has 1 unspecified atom stereocenters. The fraction of sp³-hybridized carbons (Fsp3) is 0.385. The van der Waals surface area contributed by atoms with E-state index < -0.39 is 11.6 Å². The van der Waals surface area contributed by atoms with E-state index in [0.717, 1.165) is 50.9 Å². The maximum absolute atomic E-state index is 14.5. The number of aromatic nitrogens is 1. The van der Waals surface area contributed by atoms with Crippen LogP contribution < -0.4 is 4.90 Å². The minimum absolute atomic E-state index is 0.0396. The van der Waals surface area contributed by atoms with Crippen molar-refractivity contribution in [1.82, 2.24) is 5.16 Å². The van der Waals surface area contributed by atoms with E-state index in [-0.39, 0.29) is 29.9 Å². The van der Waals surface area contributed by atoms with Gasteiger partial charge in [-0.15, -0.1) is 0 Å². The summed E-state index contributed by atoms with van der Waals surface area (Å²) in [5.74, 6) is -0.354. The highest BCUT2D eigenvalue weighted by Crippen LogP contribution is 2.45. The predicted molar refractivity (Wildman–Crippen MR) is 121 cm³/mol. The Balaban J connectivity index is 1.29. The van der Waals surface area contributed by atoms with Gasteiger partial charge in [0.05, 0.1) is 24.8 Å². The third-order valence-corrected chi connectivity index (χ3v) is 6.45. The van der Waals surface area contributed by atoms with Crippen molar-refractivity contribution in [3.8, 4) is 11.3 Å². The Morgan fingerprint density at radius 2 is 1.79 bits per heavy atom. The van der Waals surface area contributed by atoms with Crippen LogP contribution in [0.3, 0.4) is 0 Å². The summed E-state index contributed by atoms with van der Waals surface area (Å²) in [7, 11) is 0. The molecule has 1 atom stereocenters. The second-order valence-corrected chi connectivity index (χ2v) is 8.72. The molecule has 1 aromatic heterocycles. The highest BCUT2D eigenvalue weighted by Gasteiger charge is 2.34. The van der Waals surface area contributed by atoms with Gasteiger partial charge in [0.15, 0.2) is 5.69 Å². The standard InChI is InChI=1S/C26H25F2N3O2/c1-29-18-9-11-19(12-10-18)31-14-3-4-20(13-15-31)32-16-21-25(30-33-26(21)17-7-8-17)24-22(27)5-2-6-23(24)28/h2,5-6,9-12,17,20H,3-4,7-8,13-16H2. The maximum Gasteiger partial charge on any atom is 0.187 e. The Morgan fingerprint density at radius 1 is 1.03 bits per heavy atom. The molecule has 5 rings (SSSR count). The number of benzene rings is 2. The van der Waals surface area contributed by atoms with Gasteiger partial charge >= 0.3 is 0 Å². The first-order valence-electron chi connectivity index (χ1n) is 11.4. The van der Waals surface area contributed by atoms with E-state index in [9.17, 15) is 8.78 Å². The third-order valence-electron chi connectivity index (χ3n) is 6.45. The lowest BCUT2D eigenvalue weighted by Gasteiger charge is -2.23. The van der Waals surface area contributed by atoms with Crippen molar-refractivity contribution in [2.75, 3.05) is 18.0 Å². The van der Waals surface area contributed by atoms with Crippen molar-refractivity contribution in [3.05, 3.63) is 76.8 Å². The zero-order chi connectivity index (χ0) is 22.8. The molecular weight excluding hydrogens is 424 g/mol. The molecule has 33 heavy (non-hydrogen) atoms. The van der Waals surface area contributed by atoms with Crippen LogP contribution in [0.1, 0.15) is 49.3 Å². The van der Waals surface area contributed by atoms with Crippen molar-refractivity contribution in [3.63, 3.8) is 0 Å². The van der Waals surface area contributed by atoms with Crippen LogP contribution in [0.5, 0.6) is 0 Å². The van der Waals surface area contributed by atoms with Crippen molar-refractivity contribution in [1.29, 1.82) is 0 Å². The molecule has 0 N–H and O–H groups in total. The van der Waals surface area contributed by atoms with Crippen LogP contribution in [0.4, 0.5) is 20.2 Å². The van der Waals surface area contributed by atoms with Gasteiger partial charge in [-0.25, -0.2) is 13.6 Å². The van der Waals surface area contributed by atoms with Gasteiger partial charge in [0, 0.05) is 30.3 Å². The molecule has 0 spiro atoms. The molecule has 2 fully saturated rings. The second-order valence-electron chi connectivity index (χ2n) is 8.72. The van der Waals surface area contributed by atoms with Gasteiger partial charge in [0.1, 0.15) is 23.1 Å². The molecule has 2 aliphatic rings. The van der Waals surface area contributed by atoms with Crippen molar-refractivity contribution in [2.24, 2.45) is 0 Å². The first-order valence-corrected chi connectivity index (χ1v) is 11.4. The molecule has 0 bridgehead atoms. The first-order chi connectivity index (χ1) is 16.1. The highest BCUT2D eigenvalue weighted by atomic mass is 19.1. The SMILES string of the molecule is [C-]#[N+]c1ccc(N2CCCC(OCc3c(-c4c(F)cccc4F)noc3C3CC3)CC2)cc1. The Morgan fingerprint density at radius 3 is 2.48 bits per heavy atom. The molecule has 1 aliphatic heterocycles. The largest absolute Gasteiger partial charge is 0.373 e. The Bertz CT molecular complexity index is 1150. The molecular formula is C26H25F2N3O2. The quantitative estimate of drug-likeness (QED) is 0.397. The summed E-state index contributed by atoms with van der Waals surface area (Å²) in [5, 5.41) is 4.05. The molecule has 170 valence electrons. The molecule has 1 aliphatic carbocycles. The highest BCUT2D eigenvalue weighted by molar-refractivity contribution is 5.65. The van der Waals surface area contributed by atoms with Crippen molar-refractivity contribution < 1.29 is 18.0 Å². The fourth-order valence-electron chi connectivity index (χ4n) is 4.48. The molecule has 2 aromatic carbocycles. The first kappa shape index (κ1) is 21.6. The maximum atomic E-state index is 14.5. The molecule has 3 aromatic rings. The zero-order valence-electron chi connectivity index (χ0n) is 18.3. The number of anilines is 1. The number of rotatable bonds is 6. The average Bonchev–Trinajstić information content (AvgIpc) is 3.63. The lowest BCUT2D eigenvalue weighted by atomic mass is 10.0. The number of hydrogen-bond donors (Lipinski definition) is 0. The van der Waals surface area contributed by atoms with Crippen LogP contribution in [0, 0.1) is 18.2 Å². The van der Waals surface area contributed by atoms with Crippen LogP contribution in [0.15, 0.2) is 47.0 Å². The molecule has 5 nitrogen and oxygen atoms in total. The number of halogens is 2. The van der Waals surface area contributed by atoms with Gasteiger partial charge in [0.2, 0.25) is 0 Å². The lowest BCUT2D eigenvalue weighted by molar-refractivity contribution is 0.0328. The fourth-order valence-corrected chi connectivity index (χ4v) is 4.48. The normalized spacial score (nSPS) is 18.7. The summed E-state index contributed by atoms with van der Waals surface area (Å²) >= 11 is 0. The second kappa shape index (κ2) is 9.32. The Hall–Kier alpha value is -3.24. The van der Waals surface area contributed by atoms with Crippen LogP contribution in [-0.4, -0.2) is 24.4 Å².